The number of rotatable bonds is 8. The minimum absolute atomic E-state index is 0.0189. The third kappa shape index (κ3) is 7.59. The predicted octanol–water partition coefficient (Wildman–Crippen LogP) is -4.28. The first-order valence-corrected chi connectivity index (χ1v) is 9.89. The maximum Gasteiger partial charge on any atom is 0.398 e. The van der Waals surface area contributed by atoms with Gasteiger partial charge in [-0.3, -0.25) is 23.7 Å². The molecule has 0 aliphatic carbocycles. The number of hydrogen-bond donors (Lipinski definition) is 4. The fraction of sp³-hybridized carbons (Fsp3) is 0.571. The van der Waals surface area contributed by atoms with Gasteiger partial charge in [-0.05, 0) is 0 Å². The topological polar surface area (TPSA) is 252 Å². The Bertz CT molecular complexity index is 851. The van der Waals surface area contributed by atoms with E-state index in [9.17, 15) is 42.3 Å². The molecule has 4 amide bonds. The Morgan fingerprint density at radius 1 is 0.812 bits per heavy atom. The fourth-order valence-electron chi connectivity index (χ4n) is 2.08. The number of carbonyl (C=O) groups excluding carboxylic acids is 6. The zero-order valence-electron chi connectivity index (χ0n) is 16.0. The summed E-state index contributed by atoms with van der Waals surface area (Å²) in [6, 6.07) is 0. The number of hydroxylamine groups is 4. The van der Waals surface area contributed by atoms with Crippen LogP contribution in [0.4, 0.5) is 0 Å². The highest BCUT2D eigenvalue weighted by atomic mass is 32.3. The molecule has 0 spiro atoms. The number of aliphatic hydroxyl groups is 3. The average Bonchev–Trinajstić information content (AvgIpc) is 3.21. The Hall–Kier alpha value is -3.03. The van der Waals surface area contributed by atoms with Crippen molar-refractivity contribution in [3.8, 4) is 0 Å². The van der Waals surface area contributed by atoms with E-state index >= 15 is 0 Å². The van der Waals surface area contributed by atoms with E-state index in [0.717, 1.165) is 0 Å². The summed E-state index contributed by atoms with van der Waals surface area (Å²) in [7, 11) is -5.46. The fourth-order valence-corrected chi connectivity index (χ4v) is 2.52. The van der Waals surface area contributed by atoms with Crippen molar-refractivity contribution in [3.63, 3.8) is 0 Å². The van der Waals surface area contributed by atoms with Crippen LogP contribution in [0.1, 0.15) is 25.7 Å². The van der Waals surface area contributed by atoms with E-state index in [-0.39, 0.29) is 49.0 Å². The molecule has 0 aromatic rings. The second-order valence-corrected chi connectivity index (χ2v) is 6.87. The van der Waals surface area contributed by atoms with Crippen molar-refractivity contribution in [3.05, 3.63) is 0 Å². The van der Waals surface area contributed by atoms with Gasteiger partial charge in [0.1, 0.15) is 0 Å². The largest absolute Gasteiger partial charge is 0.398 e. The lowest BCUT2D eigenvalue weighted by atomic mass is 10.2. The Morgan fingerprint density at radius 2 is 1.16 bits per heavy atom. The van der Waals surface area contributed by atoms with Crippen LogP contribution in [0.5, 0.6) is 0 Å². The van der Waals surface area contributed by atoms with Gasteiger partial charge in [0.05, 0.1) is 13.2 Å². The minimum atomic E-state index is -5.46. The Morgan fingerprint density at radius 3 is 1.47 bits per heavy atom. The monoisotopic (exact) mass is 486 g/mol. The van der Waals surface area contributed by atoms with Crippen LogP contribution < -0.4 is 0 Å². The van der Waals surface area contributed by atoms with E-state index in [0.29, 0.717) is 0 Å². The quantitative estimate of drug-likeness (QED) is 0.187. The Kier molecular flexibility index (Phi) is 9.75. The number of aliphatic hydroxyl groups excluding tert-OH is 3. The number of hydrogen-bond acceptors (Lipinski definition) is 14. The van der Waals surface area contributed by atoms with Crippen LogP contribution in [0.3, 0.4) is 0 Å². The van der Waals surface area contributed by atoms with Crippen LogP contribution in [0.15, 0.2) is 0 Å². The normalized spacial score (nSPS) is 18.2. The number of nitrogens with zero attached hydrogens (tertiary/aromatic N) is 2. The van der Waals surface area contributed by atoms with Gasteiger partial charge in [-0.1, -0.05) is 0 Å². The first-order valence-electron chi connectivity index (χ1n) is 8.53. The zero-order valence-corrected chi connectivity index (χ0v) is 16.8. The van der Waals surface area contributed by atoms with Gasteiger partial charge in [0, 0.05) is 25.7 Å². The molecule has 2 aliphatic heterocycles. The maximum absolute atomic E-state index is 12.0. The van der Waals surface area contributed by atoms with Crippen molar-refractivity contribution in [1.82, 2.24) is 10.1 Å². The third-order valence-electron chi connectivity index (χ3n) is 3.46. The molecule has 2 heterocycles. The molecular formula is C14H18N2O15S. The van der Waals surface area contributed by atoms with Crippen LogP contribution in [0, 0.1) is 0 Å². The summed E-state index contributed by atoms with van der Waals surface area (Å²) in [5.41, 5.74) is 0. The highest BCUT2D eigenvalue weighted by molar-refractivity contribution is 7.80. The van der Waals surface area contributed by atoms with E-state index in [1.165, 1.54) is 0 Å². The van der Waals surface area contributed by atoms with Gasteiger partial charge < -0.3 is 25.0 Å². The number of amides is 4. The van der Waals surface area contributed by atoms with Crippen molar-refractivity contribution >= 4 is 46.0 Å². The van der Waals surface area contributed by atoms with E-state index in [1.807, 2.05) is 0 Å². The van der Waals surface area contributed by atoms with Crippen LogP contribution in [-0.4, -0.2) is 99.4 Å². The van der Waals surface area contributed by atoms with E-state index in [2.05, 4.69) is 13.9 Å². The third-order valence-corrected chi connectivity index (χ3v) is 3.91. The van der Waals surface area contributed by atoms with Gasteiger partial charge in [0.2, 0.25) is 6.10 Å². The van der Waals surface area contributed by atoms with E-state index < -0.39 is 58.2 Å². The molecule has 18 heteroatoms. The van der Waals surface area contributed by atoms with Gasteiger partial charge in [-0.25, -0.2) is 13.8 Å². The van der Waals surface area contributed by atoms with Crippen molar-refractivity contribution in [2.24, 2.45) is 0 Å². The molecule has 32 heavy (non-hydrogen) atoms. The summed E-state index contributed by atoms with van der Waals surface area (Å²) in [6.07, 6.45) is -6.91. The molecule has 180 valence electrons. The highest BCUT2D eigenvalue weighted by Crippen LogP contribution is 2.17. The second kappa shape index (κ2) is 11.5. The number of imide groups is 2. The van der Waals surface area contributed by atoms with Crippen LogP contribution in [0.2, 0.25) is 0 Å². The highest BCUT2D eigenvalue weighted by Gasteiger charge is 2.45. The van der Waals surface area contributed by atoms with Crippen molar-refractivity contribution in [2.75, 3.05) is 13.2 Å². The summed E-state index contributed by atoms with van der Waals surface area (Å²) < 4.78 is 34.3. The van der Waals surface area contributed by atoms with E-state index in [1.54, 1.807) is 0 Å². The lowest BCUT2D eigenvalue weighted by molar-refractivity contribution is -0.214. The summed E-state index contributed by atoms with van der Waals surface area (Å²) in [5, 5.41) is 25.0. The lowest BCUT2D eigenvalue weighted by Gasteiger charge is -2.22. The molecule has 0 radical (unpaired) electrons. The molecule has 2 rings (SSSR count). The molecule has 0 aromatic carbocycles. The van der Waals surface area contributed by atoms with Gasteiger partial charge >= 0.3 is 22.3 Å². The molecule has 0 saturated carbocycles. The predicted molar refractivity (Wildman–Crippen MR) is 91.0 cm³/mol. The van der Waals surface area contributed by atoms with Crippen molar-refractivity contribution in [1.29, 1.82) is 0 Å². The summed E-state index contributed by atoms with van der Waals surface area (Å²) in [5.74, 6) is -7.69. The molecule has 2 atom stereocenters. The smallest absolute Gasteiger partial charge is 0.394 e. The van der Waals surface area contributed by atoms with Crippen LogP contribution in [0.25, 0.3) is 0 Å². The minimum Gasteiger partial charge on any atom is -0.394 e. The van der Waals surface area contributed by atoms with Gasteiger partial charge in [0.25, 0.3) is 23.6 Å². The summed E-state index contributed by atoms with van der Waals surface area (Å²) in [6.45, 7) is -0.250. The first-order chi connectivity index (χ1) is 14.8. The average molecular weight is 486 g/mol. The molecule has 2 fully saturated rings. The SMILES string of the molecule is O=C(ON1C(=O)CCC1=O)C(O)C(OS(=O)(=O)O)C(=O)ON1C(=O)CCC1=O.OCCO. The molecule has 2 unspecified atom stereocenters. The zero-order chi connectivity index (χ0) is 24.6. The number of carbonyl (C=O) groups is 6. The molecule has 2 aliphatic rings. The molecule has 4 N–H and O–H groups in total. The summed E-state index contributed by atoms with van der Waals surface area (Å²) in [4.78, 5) is 78.1. The lowest BCUT2D eigenvalue weighted by Crippen LogP contribution is -2.49. The Balaban J connectivity index is 0.00000118. The van der Waals surface area contributed by atoms with Gasteiger partial charge in [-0.2, -0.15) is 8.42 Å². The van der Waals surface area contributed by atoms with Gasteiger partial charge in [0.15, 0.2) is 6.10 Å². The van der Waals surface area contributed by atoms with Crippen LogP contribution >= 0.6 is 0 Å². The standard InChI is InChI=1S/C12H12N2O13S.C2H6O2/c15-5-1-2-6(16)13(5)25-11(20)9(19)10(27-28(22,23)24)12(21)26-14-7(17)3-4-8(14)18;3-1-2-4/h9-10,19H,1-4H2,(H,22,23,24);3-4H,1-2H2. The van der Waals surface area contributed by atoms with Crippen LogP contribution in [-0.2, 0) is 53.0 Å². The molecule has 0 aromatic heterocycles. The molecule has 2 saturated heterocycles. The molecule has 17 nitrogen and oxygen atoms in total. The van der Waals surface area contributed by atoms with E-state index in [4.69, 9.17) is 14.8 Å². The van der Waals surface area contributed by atoms with Crippen molar-refractivity contribution < 1.29 is 70.9 Å². The Labute approximate surface area is 178 Å². The summed E-state index contributed by atoms with van der Waals surface area (Å²) >= 11 is 0. The second-order valence-electron chi connectivity index (χ2n) is 5.82. The maximum atomic E-state index is 12.0. The van der Waals surface area contributed by atoms with Crippen molar-refractivity contribution in [2.45, 2.75) is 37.9 Å². The first kappa shape index (κ1) is 27.0. The van der Waals surface area contributed by atoms with Gasteiger partial charge in [-0.15, -0.1) is 10.1 Å². The molecular weight excluding hydrogens is 468 g/mol. The molecule has 0 bridgehead atoms.